The van der Waals surface area contributed by atoms with E-state index in [1.807, 2.05) is 96.7 Å². The van der Waals surface area contributed by atoms with Crippen LogP contribution in [-0.2, 0) is 13.7 Å². The number of fused-ring (bicyclic) bond motifs is 1. The lowest BCUT2D eigenvalue weighted by Gasteiger charge is -2.19. The average Bonchev–Trinajstić information content (AvgIpc) is 3.50. The van der Waals surface area contributed by atoms with E-state index < -0.39 is 6.04 Å². The quantitative estimate of drug-likeness (QED) is 0.336. The van der Waals surface area contributed by atoms with Crippen LogP contribution in [0.5, 0.6) is 11.5 Å². The molecule has 2 aromatic heterocycles. The minimum Gasteiger partial charge on any atom is -0.497 e. The number of methoxy groups -OCH3 is 1. The molecular weight excluding hydrogens is 442 g/mol. The molecule has 176 valence electrons. The fourth-order valence-electron chi connectivity index (χ4n) is 4.04. The Morgan fingerprint density at radius 3 is 2.46 bits per heavy atom. The topological polar surface area (TPSA) is 78.5 Å². The van der Waals surface area contributed by atoms with Crippen LogP contribution in [0.4, 0.5) is 0 Å². The maximum Gasteiger partial charge on any atom is 0.288 e. The molecule has 0 saturated heterocycles. The molecule has 2 heterocycles. The lowest BCUT2D eigenvalue weighted by atomic mass is 10.0. The number of para-hydroxylation sites is 2. The van der Waals surface area contributed by atoms with Crippen LogP contribution in [-0.4, -0.2) is 22.6 Å². The van der Waals surface area contributed by atoms with Crippen molar-refractivity contribution in [2.45, 2.75) is 12.6 Å². The van der Waals surface area contributed by atoms with E-state index in [2.05, 4.69) is 10.3 Å². The molecule has 5 aromatic rings. The maximum absolute atomic E-state index is 13.6. The summed E-state index contributed by atoms with van der Waals surface area (Å²) in [6.07, 6.45) is 3.55. The third-order valence-electron chi connectivity index (χ3n) is 5.87. The number of aromatic nitrogens is 2. The number of nitrogens with zero attached hydrogens (tertiary/aromatic N) is 2. The van der Waals surface area contributed by atoms with E-state index in [0.29, 0.717) is 22.7 Å². The van der Waals surface area contributed by atoms with Crippen LogP contribution in [0.15, 0.2) is 95.7 Å². The van der Waals surface area contributed by atoms with Crippen LogP contribution in [0.3, 0.4) is 0 Å². The molecule has 0 spiro atoms. The van der Waals surface area contributed by atoms with E-state index in [9.17, 15) is 4.79 Å². The second kappa shape index (κ2) is 9.77. The Bertz CT molecular complexity index is 1440. The van der Waals surface area contributed by atoms with Crippen molar-refractivity contribution < 1.29 is 18.7 Å². The Labute approximate surface area is 202 Å². The zero-order valence-electron chi connectivity index (χ0n) is 19.5. The van der Waals surface area contributed by atoms with Crippen molar-refractivity contribution in [1.82, 2.24) is 14.9 Å². The zero-order chi connectivity index (χ0) is 24.2. The number of ether oxygens (including phenoxy) is 2. The van der Waals surface area contributed by atoms with Crippen molar-refractivity contribution in [1.29, 1.82) is 0 Å². The summed E-state index contributed by atoms with van der Waals surface area (Å²) < 4.78 is 19.2. The van der Waals surface area contributed by atoms with Gasteiger partial charge in [0, 0.05) is 30.4 Å². The monoisotopic (exact) mass is 467 g/mol. The van der Waals surface area contributed by atoms with Gasteiger partial charge >= 0.3 is 0 Å². The van der Waals surface area contributed by atoms with Crippen LogP contribution >= 0.6 is 0 Å². The van der Waals surface area contributed by atoms with Gasteiger partial charge in [0.05, 0.1) is 7.11 Å². The number of benzene rings is 3. The molecule has 1 atom stereocenters. The predicted molar refractivity (Wildman–Crippen MR) is 132 cm³/mol. The number of aryl methyl sites for hydroxylation is 1. The number of furan rings is 1. The lowest BCUT2D eigenvalue weighted by Crippen LogP contribution is -2.31. The summed E-state index contributed by atoms with van der Waals surface area (Å²) >= 11 is 0. The molecule has 1 amide bonds. The molecule has 7 nitrogen and oxygen atoms in total. The van der Waals surface area contributed by atoms with Gasteiger partial charge in [-0.1, -0.05) is 48.5 Å². The summed E-state index contributed by atoms with van der Waals surface area (Å²) in [6, 6.07) is 24.1. The Morgan fingerprint density at radius 2 is 1.74 bits per heavy atom. The molecule has 7 heteroatoms. The van der Waals surface area contributed by atoms with Crippen LogP contribution in [0, 0.1) is 0 Å². The molecule has 0 aliphatic carbocycles. The van der Waals surface area contributed by atoms with Crippen LogP contribution in [0.25, 0.3) is 11.0 Å². The number of amides is 1. The maximum atomic E-state index is 13.6. The highest BCUT2D eigenvalue weighted by atomic mass is 16.5. The number of hydrogen-bond donors (Lipinski definition) is 1. The third kappa shape index (κ3) is 4.61. The smallest absolute Gasteiger partial charge is 0.288 e. The summed E-state index contributed by atoms with van der Waals surface area (Å²) in [6.45, 7) is 0.194. The summed E-state index contributed by atoms with van der Waals surface area (Å²) in [7, 11) is 3.51. The normalized spacial score (nSPS) is 11.8. The van der Waals surface area contributed by atoms with Gasteiger partial charge in [0.2, 0.25) is 0 Å². The highest BCUT2D eigenvalue weighted by Gasteiger charge is 2.26. The Balaban J connectivity index is 1.49. The van der Waals surface area contributed by atoms with Crippen LogP contribution < -0.4 is 14.8 Å². The number of nitrogens with one attached hydrogen (secondary N) is 1. The fraction of sp³-hybridized carbons (Fsp3) is 0.143. The minimum atomic E-state index is -0.496. The molecule has 0 radical (unpaired) electrons. The van der Waals surface area contributed by atoms with Gasteiger partial charge < -0.3 is 23.8 Å². The Morgan fingerprint density at radius 1 is 1.00 bits per heavy atom. The molecule has 0 fully saturated rings. The number of carbonyl (C=O) groups excluding carboxylic acids is 1. The van der Waals surface area contributed by atoms with Gasteiger partial charge in [-0.15, -0.1) is 0 Å². The first-order valence-corrected chi connectivity index (χ1v) is 11.2. The number of imidazole rings is 1. The van der Waals surface area contributed by atoms with Gasteiger partial charge in [0.1, 0.15) is 35.6 Å². The molecule has 5 rings (SSSR count). The molecule has 0 bridgehead atoms. The van der Waals surface area contributed by atoms with E-state index in [1.165, 1.54) is 0 Å². The summed E-state index contributed by atoms with van der Waals surface area (Å²) in [5.74, 6) is 2.01. The number of carbonyl (C=O) groups is 1. The Kier molecular flexibility index (Phi) is 6.22. The van der Waals surface area contributed by atoms with Gasteiger partial charge in [-0.2, -0.15) is 0 Å². The second-order valence-corrected chi connectivity index (χ2v) is 8.08. The van der Waals surface area contributed by atoms with Crippen LogP contribution in [0.2, 0.25) is 0 Å². The average molecular weight is 468 g/mol. The molecule has 1 N–H and O–H groups in total. The summed E-state index contributed by atoms with van der Waals surface area (Å²) in [5.41, 5.74) is 2.18. The first-order chi connectivity index (χ1) is 17.1. The van der Waals surface area contributed by atoms with Gasteiger partial charge in [-0.05, 0) is 35.9 Å². The minimum absolute atomic E-state index is 0.194. The molecule has 3 aromatic carbocycles. The van der Waals surface area contributed by atoms with E-state index in [-0.39, 0.29) is 18.3 Å². The van der Waals surface area contributed by atoms with E-state index in [1.54, 1.807) is 13.3 Å². The number of hydrogen-bond acceptors (Lipinski definition) is 5. The van der Waals surface area contributed by atoms with Gasteiger partial charge in [0.25, 0.3) is 5.91 Å². The predicted octanol–water partition coefficient (Wildman–Crippen LogP) is 5.27. The highest BCUT2D eigenvalue weighted by Crippen LogP contribution is 2.29. The van der Waals surface area contributed by atoms with E-state index >= 15 is 0 Å². The zero-order valence-corrected chi connectivity index (χ0v) is 19.5. The van der Waals surface area contributed by atoms with E-state index in [0.717, 1.165) is 16.7 Å². The highest BCUT2D eigenvalue weighted by molar-refractivity contribution is 5.99. The van der Waals surface area contributed by atoms with E-state index in [4.69, 9.17) is 13.9 Å². The van der Waals surface area contributed by atoms with Crippen molar-refractivity contribution in [2.24, 2.45) is 7.05 Å². The number of rotatable bonds is 8. The van der Waals surface area contributed by atoms with Gasteiger partial charge in [-0.25, -0.2) is 4.98 Å². The second-order valence-electron chi connectivity index (χ2n) is 8.08. The van der Waals surface area contributed by atoms with Crippen molar-refractivity contribution in [2.75, 3.05) is 7.11 Å². The molecule has 0 aliphatic rings. The molecule has 0 aliphatic heterocycles. The van der Waals surface area contributed by atoms with Crippen molar-refractivity contribution in [3.05, 3.63) is 114 Å². The van der Waals surface area contributed by atoms with Gasteiger partial charge in [-0.3, -0.25) is 4.79 Å². The Hall–Kier alpha value is -4.52. The van der Waals surface area contributed by atoms with Crippen molar-refractivity contribution >= 4 is 16.9 Å². The molecular formula is C28H25N3O4. The first kappa shape index (κ1) is 22.3. The SMILES string of the molecule is COc1ccc(C(NC(=O)c2oc3ccccc3c2COc2ccccc2)c2nccn2C)cc1. The van der Waals surface area contributed by atoms with Crippen molar-refractivity contribution in [3.8, 4) is 11.5 Å². The molecule has 1 unspecified atom stereocenters. The largest absolute Gasteiger partial charge is 0.497 e. The summed E-state index contributed by atoms with van der Waals surface area (Å²) in [5, 5.41) is 3.96. The molecule has 35 heavy (non-hydrogen) atoms. The van der Waals surface area contributed by atoms with Crippen molar-refractivity contribution in [3.63, 3.8) is 0 Å². The first-order valence-electron chi connectivity index (χ1n) is 11.2. The summed E-state index contributed by atoms with van der Waals surface area (Å²) in [4.78, 5) is 18.1. The van der Waals surface area contributed by atoms with Gasteiger partial charge in [0.15, 0.2) is 5.76 Å². The molecule has 0 saturated carbocycles. The van der Waals surface area contributed by atoms with Crippen LogP contribution in [0.1, 0.15) is 33.5 Å². The lowest BCUT2D eigenvalue weighted by molar-refractivity contribution is 0.0912. The fourth-order valence-corrected chi connectivity index (χ4v) is 4.04. The third-order valence-corrected chi connectivity index (χ3v) is 5.87. The standard InChI is InChI=1S/C28H25N3O4/c1-31-17-16-29-27(31)25(19-12-14-20(33-2)15-13-19)30-28(32)26-23(18-34-21-8-4-3-5-9-21)22-10-6-7-11-24(22)35-26/h3-17,25H,18H2,1-2H3,(H,30,32).